The van der Waals surface area contributed by atoms with Gasteiger partial charge in [-0.2, -0.15) is 0 Å². The highest BCUT2D eigenvalue weighted by Gasteiger charge is 1.99. The quantitative estimate of drug-likeness (QED) is 0.598. The van der Waals surface area contributed by atoms with Gasteiger partial charge in [-0.3, -0.25) is 0 Å². The second-order valence-corrected chi connectivity index (χ2v) is 3.57. The highest BCUT2D eigenvalue weighted by atomic mass is 16.5. The molecule has 90 valence electrons. The summed E-state index contributed by atoms with van der Waals surface area (Å²) in [6.07, 6.45) is 2.63. The Kier molecular flexibility index (Phi) is 5.60. The molecular weight excluding hydrogens is 206 g/mol. The van der Waals surface area contributed by atoms with E-state index < -0.39 is 0 Å². The lowest BCUT2D eigenvalue weighted by atomic mass is 10.3. The van der Waals surface area contributed by atoms with Crippen LogP contribution in [0.1, 0.15) is 12.0 Å². The smallest absolute Gasteiger partial charge is 0.149 e. The number of anilines is 2. The molecule has 0 saturated carbocycles. The molecule has 0 aliphatic heterocycles. The van der Waals surface area contributed by atoms with Gasteiger partial charge in [0.2, 0.25) is 0 Å². The van der Waals surface area contributed by atoms with E-state index in [0.717, 1.165) is 18.5 Å². The molecular formula is C11H19N3O2. The van der Waals surface area contributed by atoms with Gasteiger partial charge < -0.3 is 20.9 Å². The first-order valence-corrected chi connectivity index (χ1v) is 5.38. The van der Waals surface area contributed by atoms with Crippen LogP contribution < -0.4 is 11.1 Å². The monoisotopic (exact) mass is 225 g/mol. The van der Waals surface area contributed by atoms with Crippen molar-refractivity contribution in [1.82, 2.24) is 4.98 Å². The molecule has 1 rings (SSSR count). The predicted molar refractivity (Wildman–Crippen MR) is 64.4 cm³/mol. The van der Waals surface area contributed by atoms with Crippen LogP contribution in [0.5, 0.6) is 0 Å². The van der Waals surface area contributed by atoms with Crippen LogP contribution >= 0.6 is 0 Å². The van der Waals surface area contributed by atoms with Crippen LogP contribution in [0.25, 0.3) is 0 Å². The van der Waals surface area contributed by atoms with Crippen molar-refractivity contribution in [3.8, 4) is 0 Å². The third-order valence-electron chi connectivity index (χ3n) is 2.05. The van der Waals surface area contributed by atoms with Crippen molar-refractivity contribution in [3.05, 3.63) is 17.8 Å². The zero-order chi connectivity index (χ0) is 11.8. The van der Waals surface area contributed by atoms with Crippen LogP contribution in [-0.4, -0.2) is 36.5 Å². The number of aryl methyl sites for hydroxylation is 1. The number of rotatable bonds is 7. The zero-order valence-corrected chi connectivity index (χ0v) is 9.57. The molecule has 0 aliphatic carbocycles. The summed E-state index contributed by atoms with van der Waals surface area (Å²) in [5.41, 5.74) is 7.51. The van der Waals surface area contributed by atoms with Crippen LogP contribution in [0.4, 0.5) is 11.5 Å². The van der Waals surface area contributed by atoms with E-state index in [9.17, 15) is 0 Å². The Balaban J connectivity index is 2.21. The van der Waals surface area contributed by atoms with Gasteiger partial charge in [0.25, 0.3) is 0 Å². The third-order valence-corrected chi connectivity index (χ3v) is 2.05. The predicted octanol–water partition coefficient (Wildman–Crippen LogP) is 0.783. The summed E-state index contributed by atoms with van der Waals surface area (Å²) in [7, 11) is 0. The summed E-state index contributed by atoms with van der Waals surface area (Å²) in [5, 5.41) is 11.6. The molecule has 0 unspecified atom stereocenters. The fraction of sp³-hybridized carbons (Fsp3) is 0.545. The van der Waals surface area contributed by atoms with Gasteiger partial charge in [0, 0.05) is 19.3 Å². The topological polar surface area (TPSA) is 80.4 Å². The SMILES string of the molecule is Cc1cnc(NCCCOCCO)c(N)c1. The number of hydrogen-bond acceptors (Lipinski definition) is 5. The molecule has 1 heterocycles. The second kappa shape index (κ2) is 7.03. The van der Waals surface area contributed by atoms with Crippen molar-refractivity contribution >= 4 is 11.5 Å². The van der Waals surface area contributed by atoms with E-state index in [1.807, 2.05) is 13.0 Å². The van der Waals surface area contributed by atoms with E-state index in [0.29, 0.717) is 24.7 Å². The third kappa shape index (κ3) is 4.46. The Labute approximate surface area is 95.6 Å². The molecule has 0 fully saturated rings. The first-order chi connectivity index (χ1) is 7.74. The standard InChI is InChI=1S/C11H19N3O2/c1-9-7-10(12)11(14-8-9)13-3-2-5-16-6-4-15/h7-8,15H,2-6,12H2,1H3,(H,13,14). The molecule has 5 heteroatoms. The molecule has 0 amide bonds. The molecule has 0 aromatic carbocycles. The number of aliphatic hydroxyl groups excluding tert-OH is 1. The summed E-state index contributed by atoms with van der Waals surface area (Å²) in [5.74, 6) is 0.716. The molecule has 5 nitrogen and oxygen atoms in total. The van der Waals surface area contributed by atoms with Crippen molar-refractivity contribution in [1.29, 1.82) is 0 Å². The molecule has 0 aliphatic rings. The Morgan fingerprint density at radius 3 is 3.00 bits per heavy atom. The fourth-order valence-electron chi connectivity index (χ4n) is 1.29. The largest absolute Gasteiger partial charge is 0.396 e. The highest BCUT2D eigenvalue weighted by Crippen LogP contribution is 2.15. The van der Waals surface area contributed by atoms with Gasteiger partial charge in [-0.15, -0.1) is 0 Å². The summed E-state index contributed by atoms with van der Waals surface area (Å²) in [6, 6.07) is 1.89. The zero-order valence-electron chi connectivity index (χ0n) is 9.57. The van der Waals surface area contributed by atoms with Gasteiger partial charge in [0.15, 0.2) is 0 Å². The number of nitrogens with zero attached hydrogens (tertiary/aromatic N) is 1. The van der Waals surface area contributed by atoms with Gasteiger partial charge in [-0.05, 0) is 25.0 Å². The van der Waals surface area contributed by atoms with Crippen LogP contribution in [0.15, 0.2) is 12.3 Å². The van der Waals surface area contributed by atoms with E-state index in [1.54, 1.807) is 6.20 Å². The van der Waals surface area contributed by atoms with Gasteiger partial charge in [0.05, 0.1) is 18.9 Å². The molecule has 0 atom stereocenters. The minimum atomic E-state index is 0.0693. The van der Waals surface area contributed by atoms with E-state index in [2.05, 4.69) is 10.3 Å². The summed E-state index contributed by atoms with van der Waals surface area (Å²) >= 11 is 0. The van der Waals surface area contributed by atoms with Gasteiger partial charge >= 0.3 is 0 Å². The molecule has 0 saturated heterocycles. The highest BCUT2D eigenvalue weighted by molar-refractivity contribution is 5.61. The number of nitrogens with one attached hydrogen (secondary N) is 1. The van der Waals surface area contributed by atoms with E-state index >= 15 is 0 Å². The maximum Gasteiger partial charge on any atom is 0.149 e. The molecule has 0 bridgehead atoms. The average Bonchev–Trinajstić information content (AvgIpc) is 2.26. The van der Waals surface area contributed by atoms with Crippen molar-refractivity contribution in [2.75, 3.05) is 37.4 Å². The fourth-order valence-corrected chi connectivity index (χ4v) is 1.29. The van der Waals surface area contributed by atoms with Crippen molar-refractivity contribution in [2.45, 2.75) is 13.3 Å². The number of nitrogen functional groups attached to an aromatic ring is 1. The normalized spacial score (nSPS) is 10.4. The number of aromatic nitrogens is 1. The maximum absolute atomic E-state index is 8.50. The molecule has 16 heavy (non-hydrogen) atoms. The summed E-state index contributed by atoms with van der Waals surface area (Å²) in [4.78, 5) is 4.19. The van der Waals surface area contributed by atoms with Crippen LogP contribution in [0, 0.1) is 6.92 Å². The number of nitrogens with two attached hydrogens (primary N) is 1. The van der Waals surface area contributed by atoms with Gasteiger partial charge in [-0.1, -0.05) is 0 Å². The van der Waals surface area contributed by atoms with Crippen molar-refractivity contribution in [2.24, 2.45) is 0 Å². The minimum absolute atomic E-state index is 0.0693. The molecule has 4 N–H and O–H groups in total. The lowest BCUT2D eigenvalue weighted by molar-refractivity contribution is 0.0922. The lowest BCUT2D eigenvalue weighted by Gasteiger charge is -2.08. The Bertz CT molecular complexity index is 318. The van der Waals surface area contributed by atoms with Crippen molar-refractivity contribution < 1.29 is 9.84 Å². The Morgan fingerprint density at radius 2 is 2.31 bits per heavy atom. The first kappa shape index (κ1) is 12.7. The summed E-state index contributed by atoms with van der Waals surface area (Å²) < 4.78 is 5.13. The first-order valence-electron chi connectivity index (χ1n) is 5.38. The molecule has 0 spiro atoms. The lowest BCUT2D eigenvalue weighted by Crippen LogP contribution is -2.10. The van der Waals surface area contributed by atoms with E-state index in [1.165, 1.54) is 0 Å². The number of pyridine rings is 1. The average molecular weight is 225 g/mol. The van der Waals surface area contributed by atoms with Crippen LogP contribution in [0.3, 0.4) is 0 Å². The minimum Gasteiger partial charge on any atom is -0.396 e. The van der Waals surface area contributed by atoms with Gasteiger partial charge in [0.1, 0.15) is 5.82 Å². The number of ether oxygens (including phenoxy) is 1. The molecule has 0 radical (unpaired) electrons. The Morgan fingerprint density at radius 1 is 1.50 bits per heavy atom. The number of hydrogen-bond donors (Lipinski definition) is 3. The van der Waals surface area contributed by atoms with Crippen LogP contribution in [0.2, 0.25) is 0 Å². The van der Waals surface area contributed by atoms with Crippen molar-refractivity contribution in [3.63, 3.8) is 0 Å². The summed E-state index contributed by atoms with van der Waals surface area (Å²) in [6.45, 7) is 3.80. The maximum atomic E-state index is 8.50. The second-order valence-electron chi connectivity index (χ2n) is 3.57. The Hall–Kier alpha value is -1.33. The number of aliphatic hydroxyl groups is 1. The van der Waals surface area contributed by atoms with Crippen LogP contribution in [-0.2, 0) is 4.74 Å². The van der Waals surface area contributed by atoms with Gasteiger partial charge in [-0.25, -0.2) is 4.98 Å². The molecule has 1 aromatic heterocycles. The van der Waals surface area contributed by atoms with E-state index in [-0.39, 0.29) is 6.61 Å². The van der Waals surface area contributed by atoms with E-state index in [4.69, 9.17) is 15.6 Å². The molecule has 1 aromatic rings.